The van der Waals surface area contributed by atoms with Crippen LogP contribution < -0.4 is 0 Å². The van der Waals surface area contributed by atoms with Crippen molar-refractivity contribution in [2.45, 2.75) is 13.0 Å². The molecule has 0 aliphatic heterocycles. The maximum atomic E-state index is 13.3. The Morgan fingerprint density at radius 3 is 2.71 bits per heavy atom. The van der Waals surface area contributed by atoms with Gasteiger partial charge in [-0.3, -0.25) is 0 Å². The van der Waals surface area contributed by atoms with E-state index >= 15 is 0 Å². The van der Waals surface area contributed by atoms with Crippen molar-refractivity contribution in [2.75, 3.05) is 0 Å². The molecule has 0 fully saturated rings. The quantitative estimate of drug-likeness (QED) is 0.611. The van der Waals surface area contributed by atoms with E-state index in [-0.39, 0.29) is 11.5 Å². The standard InChI is InChI=1S/C17H12BrFN2O3/c1-10(23-17(22)13-9-12(19)7-8-14(13)18)15-20-21-16(24-15)11-5-3-2-4-6-11/h2-10H,1H3/t10-/m0/s1. The number of carbonyl (C=O) groups excluding carboxylic acids is 1. The minimum absolute atomic E-state index is 0.0876. The Balaban J connectivity index is 1.75. The number of halogens is 2. The van der Waals surface area contributed by atoms with E-state index in [0.717, 1.165) is 11.6 Å². The third-order valence-corrected chi connectivity index (χ3v) is 3.93. The average Bonchev–Trinajstić information content (AvgIpc) is 3.08. The second-order valence-electron chi connectivity index (χ2n) is 4.98. The SMILES string of the molecule is C[C@H](OC(=O)c1cc(F)ccc1Br)c1nnc(-c2ccccc2)o1. The van der Waals surface area contributed by atoms with Gasteiger partial charge in [0.15, 0.2) is 6.10 Å². The molecular weight excluding hydrogens is 379 g/mol. The number of nitrogens with zero attached hydrogens (tertiary/aromatic N) is 2. The van der Waals surface area contributed by atoms with E-state index in [1.165, 1.54) is 12.1 Å². The van der Waals surface area contributed by atoms with Gasteiger partial charge in [0.2, 0.25) is 5.89 Å². The normalized spacial score (nSPS) is 12.0. The first kappa shape index (κ1) is 16.3. The minimum Gasteiger partial charge on any atom is -0.449 e. The molecule has 0 saturated carbocycles. The molecule has 0 aliphatic carbocycles. The van der Waals surface area contributed by atoms with E-state index in [9.17, 15) is 9.18 Å². The maximum absolute atomic E-state index is 13.3. The fourth-order valence-electron chi connectivity index (χ4n) is 2.02. The van der Waals surface area contributed by atoms with Crippen molar-refractivity contribution < 1.29 is 18.3 Å². The van der Waals surface area contributed by atoms with E-state index in [1.807, 2.05) is 30.3 Å². The highest BCUT2D eigenvalue weighted by molar-refractivity contribution is 9.10. The molecule has 0 aliphatic rings. The van der Waals surface area contributed by atoms with Crippen LogP contribution in [0.2, 0.25) is 0 Å². The molecular formula is C17H12BrFN2O3. The molecule has 0 spiro atoms. The lowest BCUT2D eigenvalue weighted by Gasteiger charge is -2.10. The van der Waals surface area contributed by atoms with Crippen molar-refractivity contribution in [3.05, 3.63) is 70.3 Å². The Hall–Kier alpha value is -2.54. The first-order valence-corrected chi connectivity index (χ1v) is 7.89. The van der Waals surface area contributed by atoms with Crippen LogP contribution in [-0.4, -0.2) is 16.2 Å². The van der Waals surface area contributed by atoms with Gasteiger partial charge < -0.3 is 9.15 Å². The molecule has 1 heterocycles. The molecule has 0 N–H and O–H groups in total. The van der Waals surface area contributed by atoms with Gasteiger partial charge in [-0.25, -0.2) is 9.18 Å². The van der Waals surface area contributed by atoms with E-state index in [4.69, 9.17) is 9.15 Å². The molecule has 5 nitrogen and oxygen atoms in total. The second-order valence-corrected chi connectivity index (χ2v) is 5.84. The molecule has 0 bridgehead atoms. The zero-order valence-electron chi connectivity index (χ0n) is 12.6. The topological polar surface area (TPSA) is 65.2 Å². The van der Waals surface area contributed by atoms with Crippen LogP contribution >= 0.6 is 15.9 Å². The molecule has 0 saturated heterocycles. The number of hydrogen-bond acceptors (Lipinski definition) is 5. The van der Waals surface area contributed by atoms with Gasteiger partial charge in [0.1, 0.15) is 5.82 Å². The largest absolute Gasteiger partial charge is 0.449 e. The van der Waals surface area contributed by atoms with Crippen molar-refractivity contribution in [3.63, 3.8) is 0 Å². The van der Waals surface area contributed by atoms with E-state index in [1.54, 1.807) is 6.92 Å². The zero-order valence-corrected chi connectivity index (χ0v) is 14.2. The van der Waals surface area contributed by atoms with Crippen LogP contribution in [-0.2, 0) is 4.74 Å². The third-order valence-electron chi connectivity index (χ3n) is 3.24. The van der Waals surface area contributed by atoms with Crippen molar-refractivity contribution in [1.82, 2.24) is 10.2 Å². The highest BCUT2D eigenvalue weighted by Crippen LogP contribution is 2.25. The first-order valence-electron chi connectivity index (χ1n) is 7.09. The highest BCUT2D eigenvalue weighted by Gasteiger charge is 2.21. The summed E-state index contributed by atoms with van der Waals surface area (Å²) >= 11 is 3.19. The van der Waals surface area contributed by atoms with E-state index in [2.05, 4.69) is 26.1 Å². The van der Waals surface area contributed by atoms with Crippen LogP contribution in [0.15, 0.2) is 57.4 Å². The molecule has 24 heavy (non-hydrogen) atoms. The van der Waals surface area contributed by atoms with Crippen LogP contribution in [0, 0.1) is 5.82 Å². The van der Waals surface area contributed by atoms with Crippen LogP contribution in [0.3, 0.4) is 0 Å². The molecule has 0 amide bonds. The summed E-state index contributed by atoms with van der Waals surface area (Å²) in [5.41, 5.74) is 0.854. The van der Waals surface area contributed by atoms with Crippen molar-refractivity contribution in [2.24, 2.45) is 0 Å². The van der Waals surface area contributed by atoms with Crippen molar-refractivity contribution in [1.29, 1.82) is 0 Å². The molecule has 122 valence electrons. The first-order chi connectivity index (χ1) is 11.5. The fraction of sp³-hybridized carbons (Fsp3) is 0.118. The summed E-state index contributed by atoms with van der Waals surface area (Å²) in [4.78, 5) is 12.2. The molecule has 2 aromatic carbocycles. The smallest absolute Gasteiger partial charge is 0.340 e. The van der Waals surface area contributed by atoms with Crippen LogP contribution in [0.1, 0.15) is 29.3 Å². The van der Waals surface area contributed by atoms with Gasteiger partial charge in [-0.05, 0) is 53.2 Å². The van der Waals surface area contributed by atoms with E-state index in [0.29, 0.717) is 10.4 Å². The van der Waals surface area contributed by atoms with Gasteiger partial charge in [0.25, 0.3) is 5.89 Å². The van der Waals surface area contributed by atoms with Gasteiger partial charge >= 0.3 is 5.97 Å². The molecule has 1 atom stereocenters. The number of benzene rings is 2. The summed E-state index contributed by atoms with van der Waals surface area (Å²) in [5, 5.41) is 7.84. The zero-order chi connectivity index (χ0) is 17.1. The Labute approximate surface area is 145 Å². The Bertz CT molecular complexity index is 867. The summed E-state index contributed by atoms with van der Waals surface area (Å²) in [5.74, 6) is -0.717. The molecule has 0 radical (unpaired) electrons. The summed E-state index contributed by atoms with van der Waals surface area (Å²) < 4.78 is 24.5. The average molecular weight is 391 g/mol. The molecule has 0 unspecified atom stereocenters. The lowest BCUT2D eigenvalue weighted by atomic mass is 10.2. The molecule has 3 rings (SSSR count). The summed E-state index contributed by atoms with van der Waals surface area (Å²) in [7, 11) is 0. The summed E-state index contributed by atoms with van der Waals surface area (Å²) in [6, 6.07) is 13.0. The Kier molecular flexibility index (Phi) is 4.71. The fourth-order valence-corrected chi connectivity index (χ4v) is 2.43. The predicted octanol–water partition coefficient (Wildman–Crippen LogP) is 4.56. The lowest BCUT2D eigenvalue weighted by Crippen LogP contribution is -2.10. The van der Waals surface area contributed by atoms with Gasteiger partial charge in [-0.2, -0.15) is 0 Å². The van der Waals surface area contributed by atoms with Crippen molar-refractivity contribution in [3.8, 4) is 11.5 Å². The predicted molar refractivity (Wildman–Crippen MR) is 87.7 cm³/mol. The van der Waals surface area contributed by atoms with Gasteiger partial charge in [0, 0.05) is 10.0 Å². The Morgan fingerprint density at radius 2 is 1.96 bits per heavy atom. The number of carbonyl (C=O) groups is 1. The number of ether oxygens (including phenoxy) is 1. The van der Waals surface area contributed by atoms with Crippen LogP contribution in [0.5, 0.6) is 0 Å². The number of aromatic nitrogens is 2. The molecule has 3 aromatic rings. The van der Waals surface area contributed by atoms with Gasteiger partial charge in [0.05, 0.1) is 5.56 Å². The van der Waals surface area contributed by atoms with Gasteiger partial charge in [-0.1, -0.05) is 18.2 Å². The number of rotatable bonds is 4. The molecule has 1 aromatic heterocycles. The van der Waals surface area contributed by atoms with Crippen molar-refractivity contribution >= 4 is 21.9 Å². The highest BCUT2D eigenvalue weighted by atomic mass is 79.9. The second kappa shape index (κ2) is 6.92. The minimum atomic E-state index is -0.766. The third kappa shape index (κ3) is 3.51. The number of esters is 1. The monoisotopic (exact) mass is 390 g/mol. The summed E-state index contributed by atoms with van der Waals surface area (Å²) in [6.07, 6.45) is -0.766. The van der Waals surface area contributed by atoms with Crippen LogP contribution in [0.25, 0.3) is 11.5 Å². The number of hydrogen-bond donors (Lipinski definition) is 0. The maximum Gasteiger partial charge on any atom is 0.340 e. The summed E-state index contributed by atoms with van der Waals surface area (Å²) in [6.45, 7) is 1.60. The molecule has 7 heteroatoms. The Morgan fingerprint density at radius 1 is 1.21 bits per heavy atom. The lowest BCUT2D eigenvalue weighted by molar-refractivity contribution is 0.0278. The van der Waals surface area contributed by atoms with Gasteiger partial charge in [-0.15, -0.1) is 10.2 Å². The van der Waals surface area contributed by atoms with Crippen LogP contribution in [0.4, 0.5) is 4.39 Å². The van der Waals surface area contributed by atoms with E-state index < -0.39 is 17.9 Å².